The number of rotatable bonds is 3. The molecule has 0 atom stereocenters. The van der Waals surface area contributed by atoms with Gasteiger partial charge in [-0.25, -0.2) is 0 Å². The van der Waals surface area contributed by atoms with Gasteiger partial charge in [-0.3, -0.25) is 14.2 Å². The molecule has 2 N–H and O–H groups in total. The third kappa shape index (κ3) is 3.23. The molecule has 1 heterocycles. The van der Waals surface area contributed by atoms with Gasteiger partial charge in [-0.15, -0.1) is 6.42 Å². The summed E-state index contributed by atoms with van der Waals surface area (Å²) < 4.78 is 1.81. The van der Waals surface area contributed by atoms with E-state index in [1.54, 1.807) is 42.5 Å². The highest BCUT2D eigenvalue weighted by Gasteiger charge is 2.10. The van der Waals surface area contributed by atoms with E-state index in [-0.39, 0.29) is 11.5 Å². The van der Waals surface area contributed by atoms with Crippen molar-refractivity contribution in [1.82, 2.24) is 9.55 Å². The van der Waals surface area contributed by atoms with Crippen LogP contribution in [0.5, 0.6) is 0 Å². The molecule has 2 aromatic carbocycles. The summed E-state index contributed by atoms with van der Waals surface area (Å²) in [6, 6.07) is 11.9. The lowest BCUT2D eigenvalue weighted by Crippen LogP contribution is -2.21. The van der Waals surface area contributed by atoms with Crippen LogP contribution in [-0.4, -0.2) is 15.5 Å². The van der Waals surface area contributed by atoms with Crippen LogP contribution in [0.15, 0.2) is 47.3 Å². The summed E-state index contributed by atoms with van der Waals surface area (Å²) in [6.45, 7) is 2.33. The average Bonchev–Trinajstić information content (AvgIpc) is 2.61. The fourth-order valence-electron chi connectivity index (χ4n) is 2.57. The number of aromatic amines is 1. The van der Waals surface area contributed by atoms with Gasteiger partial charge in [0, 0.05) is 23.4 Å². The van der Waals surface area contributed by atoms with Gasteiger partial charge in [0.1, 0.15) is 0 Å². The van der Waals surface area contributed by atoms with Crippen LogP contribution in [0.2, 0.25) is 0 Å². The summed E-state index contributed by atoms with van der Waals surface area (Å²) in [5.41, 5.74) is 2.06. The molecule has 25 heavy (non-hydrogen) atoms. The van der Waals surface area contributed by atoms with Crippen LogP contribution in [0.4, 0.5) is 5.69 Å². The maximum atomic E-state index is 12.5. The first-order valence-electron chi connectivity index (χ1n) is 7.68. The average molecular weight is 349 g/mol. The minimum absolute atomic E-state index is 0.171. The summed E-state index contributed by atoms with van der Waals surface area (Å²) in [7, 11) is 0. The lowest BCUT2D eigenvalue weighted by Gasteiger charge is -2.08. The van der Waals surface area contributed by atoms with Crippen molar-refractivity contribution in [3.8, 4) is 12.3 Å². The van der Waals surface area contributed by atoms with Crippen molar-refractivity contribution in [2.75, 3.05) is 5.32 Å². The minimum Gasteiger partial charge on any atom is -0.332 e. The van der Waals surface area contributed by atoms with Crippen LogP contribution >= 0.6 is 12.2 Å². The van der Waals surface area contributed by atoms with Crippen LogP contribution in [0, 0.1) is 17.1 Å². The third-order valence-electron chi connectivity index (χ3n) is 3.85. The van der Waals surface area contributed by atoms with Gasteiger partial charge in [0.25, 0.3) is 11.5 Å². The number of anilines is 1. The predicted octanol–water partition coefficient (Wildman–Crippen LogP) is 3.31. The van der Waals surface area contributed by atoms with E-state index in [0.717, 1.165) is 0 Å². The molecule has 0 saturated heterocycles. The van der Waals surface area contributed by atoms with Crippen molar-refractivity contribution < 1.29 is 4.79 Å². The largest absolute Gasteiger partial charge is 0.332 e. The van der Waals surface area contributed by atoms with Crippen molar-refractivity contribution in [3.05, 3.63) is 68.7 Å². The lowest BCUT2D eigenvalue weighted by molar-refractivity contribution is 0.102. The Morgan fingerprint density at radius 3 is 2.84 bits per heavy atom. The second-order valence-corrected chi connectivity index (χ2v) is 5.81. The van der Waals surface area contributed by atoms with E-state index in [1.807, 2.05) is 6.92 Å². The molecule has 0 unspecified atom stereocenters. The zero-order valence-corrected chi connectivity index (χ0v) is 14.3. The zero-order chi connectivity index (χ0) is 18.0. The van der Waals surface area contributed by atoms with Crippen molar-refractivity contribution in [3.63, 3.8) is 0 Å². The van der Waals surface area contributed by atoms with Gasteiger partial charge in [-0.1, -0.05) is 12.0 Å². The quantitative estimate of drug-likeness (QED) is 0.563. The molecular formula is C19H15N3O2S. The third-order valence-corrected chi connectivity index (χ3v) is 4.17. The Morgan fingerprint density at radius 1 is 1.32 bits per heavy atom. The Hall–Kier alpha value is -3.17. The highest BCUT2D eigenvalue weighted by Crippen LogP contribution is 2.15. The summed E-state index contributed by atoms with van der Waals surface area (Å²) in [5, 5.41) is 3.28. The van der Waals surface area contributed by atoms with E-state index in [1.165, 1.54) is 4.57 Å². The molecule has 5 nitrogen and oxygen atoms in total. The van der Waals surface area contributed by atoms with E-state index < -0.39 is 0 Å². The van der Waals surface area contributed by atoms with Crippen LogP contribution in [0.3, 0.4) is 0 Å². The minimum atomic E-state index is -0.296. The first-order valence-corrected chi connectivity index (χ1v) is 8.09. The molecule has 0 spiro atoms. The van der Waals surface area contributed by atoms with Crippen molar-refractivity contribution in [1.29, 1.82) is 0 Å². The molecule has 3 rings (SSSR count). The molecule has 1 amide bonds. The number of carbonyl (C=O) groups is 1. The standard InChI is InChI=1S/C19H15N3O2S/c1-3-12-6-5-7-14(10-12)20-17(23)13-8-9-15-16(11-13)21-19(25)22(4-2)18(15)24/h1,5-11H,4H2,2H3,(H,20,23)(H,21,25). The Morgan fingerprint density at radius 2 is 2.12 bits per heavy atom. The number of terminal acetylenes is 1. The molecule has 0 bridgehead atoms. The van der Waals surface area contributed by atoms with Gasteiger partial charge in [-0.05, 0) is 55.5 Å². The summed E-state index contributed by atoms with van der Waals surface area (Å²) in [6.07, 6.45) is 5.37. The Labute approximate surface area is 149 Å². The topological polar surface area (TPSA) is 66.9 Å². The number of hydrogen-bond donors (Lipinski definition) is 2. The number of H-pyrrole nitrogens is 1. The molecule has 0 radical (unpaired) electrons. The SMILES string of the molecule is C#Cc1cccc(NC(=O)c2ccc3c(=O)n(CC)c(=S)[nH]c3c2)c1. The molecular weight excluding hydrogens is 334 g/mol. The number of amides is 1. The van der Waals surface area contributed by atoms with Gasteiger partial charge in [0.15, 0.2) is 4.77 Å². The van der Waals surface area contributed by atoms with Gasteiger partial charge < -0.3 is 10.3 Å². The van der Waals surface area contributed by atoms with Gasteiger partial charge in [0.05, 0.1) is 10.9 Å². The molecule has 0 aliphatic carbocycles. The molecule has 124 valence electrons. The fraction of sp³-hybridized carbons (Fsp3) is 0.105. The predicted molar refractivity (Wildman–Crippen MR) is 101 cm³/mol. The van der Waals surface area contributed by atoms with E-state index in [2.05, 4.69) is 16.2 Å². The fourth-order valence-corrected chi connectivity index (χ4v) is 2.89. The number of hydrogen-bond acceptors (Lipinski definition) is 3. The molecule has 1 aromatic heterocycles. The Kier molecular flexibility index (Phi) is 4.50. The number of benzene rings is 2. The van der Waals surface area contributed by atoms with Gasteiger partial charge in [-0.2, -0.15) is 0 Å². The lowest BCUT2D eigenvalue weighted by atomic mass is 10.1. The number of carbonyl (C=O) groups excluding carboxylic acids is 1. The van der Waals surface area contributed by atoms with Crippen LogP contribution in [-0.2, 0) is 6.54 Å². The monoisotopic (exact) mass is 349 g/mol. The summed E-state index contributed by atoms with van der Waals surface area (Å²) in [4.78, 5) is 27.8. The van der Waals surface area contributed by atoms with Crippen LogP contribution in [0.1, 0.15) is 22.8 Å². The molecule has 6 heteroatoms. The maximum Gasteiger partial charge on any atom is 0.262 e. The number of fused-ring (bicyclic) bond motifs is 1. The summed E-state index contributed by atoms with van der Waals surface area (Å²) in [5.74, 6) is 2.23. The second kappa shape index (κ2) is 6.75. The number of nitrogens with zero attached hydrogens (tertiary/aromatic N) is 1. The number of nitrogens with one attached hydrogen (secondary N) is 2. The molecule has 0 saturated carbocycles. The maximum absolute atomic E-state index is 12.5. The van der Waals surface area contributed by atoms with Crippen molar-refractivity contribution in [2.45, 2.75) is 13.5 Å². The van der Waals surface area contributed by atoms with Gasteiger partial charge in [0.2, 0.25) is 0 Å². The molecule has 3 aromatic rings. The Balaban J connectivity index is 1.99. The van der Waals surface area contributed by atoms with Crippen molar-refractivity contribution >= 4 is 34.7 Å². The zero-order valence-electron chi connectivity index (χ0n) is 13.5. The molecule has 0 fully saturated rings. The first-order chi connectivity index (χ1) is 12.0. The summed E-state index contributed by atoms with van der Waals surface area (Å²) >= 11 is 5.20. The van der Waals surface area contributed by atoms with Crippen LogP contribution < -0.4 is 10.9 Å². The Bertz CT molecular complexity index is 1140. The normalized spacial score (nSPS) is 10.4. The molecule has 0 aliphatic heterocycles. The van der Waals surface area contributed by atoms with E-state index >= 15 is 0 Å². The van der Waals surface area contributed by atoms with E-state index in [4.69, 9.17) is 18.6 Å². The van der Waals surface area contributed by atoms with Crippen molar-refractivity contribution in [2.24, 2.45) is 0 Å². The smallest absolute Gasteiger partial charge is 0.262 e. The highest BCUT2D eigenvalue weighted by molar-refractivity contribution is 7.71. The van der Waals surface area contributed by atoms with E-state index in [9.17, 15) is 9.59 Å². The molecule has 0 aliphatic rings. The second-order valence-electron chi connectivity index (χ2n) is 5.42. The highest BCUT2D eigenvalue weighted by atomic mass is 32.1. The van der Waals surface area contributed by atoms with E-state index in [0.29, 0.717) is 39.0 Å². The van der Waals surface area contributed by atoms with Gasteiger partial charge >= 0.3 is 0 Å². The first kappa shape index (κ1) is 16.7. The number of aromatic nitrogens is 2. The van der Waals surface area contributed by atoms with Crippen LogP contribution in [0.25, 0.3) is 10.9 Å².